The molecule has 3 aromatic rings. The van der Waals surface area contributed by atoms with Crippen molar-refractivity contribution in [3.63, 3.8) is 0 Å². The number of nitrogens with one attached hydrogen (secondary N) is 2. The summed E-state index contributed by atoms with van der Waals surface area (Å²) in [5.41, 5.74) is 1.74. The van der Waals surface area contributed by atoms with Crippen molar-refractivity contribution in [1.82, 2.24) is 5.32 Å². The molecule has 0 atom stereocenters. The van der Waals surface area contributed by atoms with E-state index in [4.69, 9.17) is 0 Å². The predicted octanol–water partition coefficient (Wildman–Crippen LogP) is 4.99. The van der Waals surface area contributed by atoms with Crippen molar-refractivity contribution in [1.29, 1.82) is 0 Å². The molecule has 6 heteroatoms. The van der Waals surface area contributed by atoms with E-state index in [9.17, 15) is 14.0 Å². The maximum absolute atomic E-state index is 12.9. The molecule has 0 radical (unpaired) electrons. The molecule has 148 valence electrons. The molecule has 0 aromatic heterocycles. The number of halogens is 1. The number of benzene rings is 3. The maximum Gasteiger partial charge on any atom is 0.255 e. The van der Waals surface area contributed by atoms with Crippen LogP contribution in [0.2, 0.25) is 0 Å². The fraction of sp³-hybridized carbons (Fsp3) is 0.130. The van der Waals surface area contributed by atoms with Gasteiger partial charge in [0.1, 0.15) is 5.82 Å². The highest BCUT2D eigenvalue weighted by Crippen LogP contribution is 2.18. The van der Waals surface area contributed by atoms with Crippen LogP contribution in [0.1, 0.15) is 27.1 Å². The van der Waals surface area contributed by atoms with Gasteiger partial charge in [0.25, 0.3) is 11.8 Å². The van der Waals surface area contributed by atoms with E-state index in [0.29, 0.717) is 23.4 Å². The number of carbonyl (C=O) groups is 2. The Bertz CT molecular complexity index is 945. The van der Waals surface area contributed by atoms with Crippen LogP contribution in [0.4, 0.5) is 10.1 Å². The quantitative estimate of drug-likeness (QED) is 0.408. The molecular weight excluding hydrogens is 387 g/mol. The zero-order valence-electron chi connectivity index (χ0n) is 15.7. The molecule has 0 aliphatic carbocycles. The highest BCUT2D eigenvalue weighted by molar-refractivity contribution is 7.99. The lowest BCUT2D eigenvalue weighted by Gasteiger charge is -2.08. The zero-order valence-corrected chi connectivity index (χ0v) is 16.5. The van der Waals surface area contributed by atoms with Gasteiger partial charge < -0.3 is 10.6 Å². The van der Waals surface area contributed by atoms with Gasteiger partial charge in [0.15, 0.2) is 0 Å². The fourth-order valence-electron chi connectivity index (χ4n) is 2.59. The van der Waals surface area contributed by atoms with Crippen molar-refractivity contribution in [2.75, 3.05) is 17.6 Å². The minimum atomic E-state index is -0.243. The lowest BCUT2D eigenvalue weighted by Crippen LogP contribution is -2.24. The number of hydrogen-bond acceptors (Lipinski definition) is 3. The first-order chi connectivity index (χ1) is 14.1. The fourth-order valence-corrected chi connectivity index (χ4v) is 3.45. The van der Waals surface area contributed by atoms with Gasteiger partial charge in [-0.25, -0.2) is 4.39 Å². The number of rotatable bonds is 8. The van der Waals surface area contributed by atoms with Gasteiger partial charge in [0, 0.05) is 28.3 Å². The standard InChI is InChI=1S/C23H21FN2O2S/c24-19-9-13-21(14-10-19)29-16-4-15-25-22(27)18-7-11-20(12-8-18)26-23(28)17-5-2-1-3-6-17/h1-3,5-14H,4,15-16H2,(H,25,27)(H,26,28). The molecule has 4 nitrogen and oxygen atoms in total. The Morgan fingerprint density at radius 2 is 1.45 bits per heavy atom. The Kier molecular flexibility index (Phi) is 7.41. The second-order valence-corrected chi connectivity index (χ2v) is 7.48. The van der Waals surface area contributed by atoms with E-state index in [1.54, 1.807) is 72.4 Å². The number of amides is 2. The molecule has 29 heavy (non-hydrogen) atoms. The molecule has 3 rings (SSSR count). The van der Waals surface area contributed by atoms with Gasteiger partial charge in [-0.2, -0.15) is 0 Å². The van der Waals surface area contributed by atoms with E-state index in [1.807, 2.05) is 6.07 Å². The Hall–Kier alpha value is -3.12. The van der Waals surface area contributed by atoms with Crippen molar-refractivity contribution in [3.05, 3.63) is 95.8 Å². The summed E-state index contributed by atoms with van der Waals surface area (Å²) in [6, 6.07) is 22.1. The highest BCUT2D eigenvalue weighted by atomic mass is 32.2. The first kappa shape index (κ1) is 20.6. The Labute approximate surface area is 173 Å². The molecule has 0 spiro atoms. The summed E-state index contributed by atoms with van der Waals surface area (Å²) in [5.74, 6) is 0.238. The van der Waals surface area contributed by atoms with Crippen molar-refractivity contribution >= 4 is 29.3 Å². The van der Waals surface area contributed by atoms with Crippen LogP contribution in [-0.4, -0.2) is 24.1 Å². The molecular formula is C23H21FN2O2S. The molecule has 0 aliphatic heterocycles. The van der Waals surface area contributed by atoms with E-state index in [0.717, 1.165) is 17.1 Å². The largest absolute Gasteiger partial charge is 0.352 e. The van der Waals surface area contributed by atoms with E-state index >= 15 is 0 Å². The second kappa shape index (κ2) is 10.4. The normalized spacial score (nSPS) is 10.4. The summed E-state index contributed by atoms with van der Waals surface area (Å²) in [5, 5.41) is 5.69. The van der Waals surface area contributed by atoms with Crippen LogP contribution in [0.5, 0.6) is 0 Å². The summed E-state index contributed by atoms with van der Waals surface area (Å²) in [6.45, 7) is 0.555. The van der Waals surface area contributed by atoms with Crippen LogP contribution in [0.3, 0.4) is 0 Å². The molecule has 0 aliphatic rings. The second-order valence-electron chi connectivity index (χ2n) is 6.31. The zero-order chi connectivity index (χ0) is 20.5. The van der Waals surface area contributed by atoms with Crippen LogP contribution in [0.15, 0.2) is 83.8 Å². The minimum absolute atomic E-state index is 0.155. The van der Waals surface area contributed by atoms with Crippen molar-refractivity contribution in [2.24, 2.45) is 0 Å². The Morgan fingerprint density at radius 3 is 2.14 bits per heavy atom. The smallest absolute Gasteiger partial charge is 0.255 e. The first-order valence-electron chi connectivity index (χ1n) is 9.25. The molecule has 3 aromatic carbocycles. The third-order valence-corrected chi connectivity index (χ3v) is 5.23. The number of hydrogen-bond donors (Lipinski definition) is 2. The number of thioether (sulfide) groups is 1. The SMILES string of the molecule is O=C(NCCCSc1ccc(F)cc1)c1ccc(NC(=O)c2ccccc2)cc1. The molecule has 0 fully saturated rings. The minimum Gasteiger partial charge on any atom is -0.352 e. The summed E-state index contributed by atoms with van der Waals surface area (Å²) in [7, 11) is 0. The van der Waals surface area contributed by atoms with Gasteiger partial charge in [0.05, 0.1) is 0 Å². The van der Waals surface area contributed by atoms with E-state index in [2.05, 4.69) is 10.6 Å². The van der Waals surface area contributed by atoms with Gasteiger partial charge in [0.2, 0.25) is 0 Å². The Morgan fingerprint density at radius 1 is 0.793 bits per heavy atom. The van der Waals surface area contributed by atoms with Gasteiger partial charge in [-0.3, -0.25) is 9.59 Å². The van der Waals surface area contributed by atoms with Crippen LogP contribution < -0.4 is 10.6 Å². The van der Waals surface area contributed by atoms with E-state index in [1.165, 1.54) is 12.1 Å². The number of anilines is 1. The van der Waals surface area contributed by atoms with Crippen LogP contribution in [0.25, 0.3) is 0 Å². The molecule has 0 bridgehead atoms. The lowest BCUT2D eigenvalue weighted by atomic mass is 10.1. The van der Waals surface area contributed by atoms with Gasteiger partial charge in [-0.15, -0.1) is 11.8 Å². The summed E-state index contributed by atoms with van der Waals surface area (Å²) in [4.78, 5) is 25.4. The molecule has 0 heterocycles. The first-order valence-corrected chi connectivity index (χ1v) is 10.2. The van der Waals surface area contributed by atoms with Gasteiger partial charge in [-0.05, 0) is 72.8 Å². The molecule has 0 unspecified atom stereocenters. The summed E-state index contributed by atoms with van der Waals surface area (Å²) < 4.78 is 12.9. The van der Waals surface area contributed by atoms with Crippen molar-refractivity contribution < 1.29 is 14.0 Å². The van der Waals surface area contributed by atoms with Crippen LogP contribution >= 0.6 is 11.8 Å². The van der Waals surface area contributed by atoms with Crippen molar-refractivity contribution in [2.45, 2.75) is 11.3 Å². The third kappa shape index (κ3) is 6.47. The molecule has 2 N–H and O–H groups in total. The van der Waals surface area contributed by atoms with Crippen molar-refractivity contribution in [3.8, 4) is 0 Å². The van der Waals surface area contributed by atoms with Crippen LogP contribution in [-0.2, 0) is 0 Å². The van der Waals surface area contributed by atoms with E-state index in [-0.39, 0.29) is 17.6 Å². The summed E-state index contributed by atoms with van der Waals surface area (Å²) >= 11 is 1.62. The summed E-state index contributed by atoms with van der Waals surface area (Å²) in [6.07, 6.45) is 0.805. The number of carbonyl (C=O) groups excluding carboxylic acids is 2. The average molecular weight is 408 g/mol. The van der Waals surface area contributed by atoms with Crippen LogP contribution in [0, 0.1) is 5.82 Å². The predicted molar refractivity (Wildman–Crippen MR) is 115 cm³/mol. The van der Waals surface area contributed by atoms with Gasteiger partial charge >= 0.3 is 0 Å². The molecule has 0 saturated heterocycles. The van der Waals surface area contributed by atoms with E-state index < -0.39 is 0 Å². The Balaban J connectivity index is 1.40. The monoisotopic (exact) mass is 408 g/mol. The average Bonchev–Trinajstić information content (AvgIpc) is 2.76. The third-order valence-electron chi connectivity index (χ3n) is 4.13. The lowest BCUT2D eigenvalue weighted by molar-refractivity contribution is 0.0953. The topological polar surface area (TPSA) is 58.2 Å². The molecule has 2 amide bonds. The van der Waals surface area contributed by atoms with Gasteiger partial charge in [-0.1, -0.05) is 18.2 Å². The maximum atomic E-state index is 12.9. The highest BCUT2D eigenvalue weighted by Gasteiger charge is 2.07. The molecule has 0 saturated carbocycles.